The van der Waals surface area contributed by atoms with Gasteiger partial charge in [0.15, 0.2) is 0 Å². The highest BCUT2D eigenvalue weighted by Crippen LogP contribution is 2.08. The van der Waals surface area contributed by atoms with Crippen LogP contribution in [0.1, 0.15) is 24.2 Å². The Hall–Kier alpha value is -1.56. The second kappa shape index (κ2) is 5.50. The number of aromatic nitrogens is 2. The maximum atomic E-state index is 11.8. The molecule has 0 aliphatic rings. The molecule has 1 atom stereocenters. The first kappa shape index (κ1) is 12.5. The summed E-state index contributed by atoms with van der Waals surface area (Å²) >= 11 is 0. The number of nitrogen functional groups attached to an aromatic ring is 1. The smallest absolute Gasteiger partial charge is 0.256 e. The number of ether oxygens (including phenoxy) is 1. The fraction of sp³-hybridized carbons (Fsp3) is 0.600. The van der Waals surface area contributed by atoms with E-state index in [4.69, 9.17) is 10.5 Å². The maximum absolute atomic E-state index is 11.8. The van der Waals surface area contributed by atoms with Gasteiger partial charge in [0.1, 0.15) is 11.4 Å². The van der Waals surface area contributed by atoms with Gasteiger partial charge in [0.25, 0.3) is 5.91 Å². The highest BCUT2D eigenvalue weighted by Gasteiger charge is 2.19. The lowest BCUT2D eigenvalue weighted by molar-refractivity contribution is 0.0867. The van der Waals surface area contributed by atoms with Crippen molar-refractivity contribution in [2.24, 2.45) is 5.92 Å². The van der Waals surface area contributed by atoms with Crippen LogP contribution in [0.5, 0.6) is 0 Å². The van der Waals surface area contributed by atoms with E-state index in [1.165, 1.54) is 6.20 Å². The van der Waals surface area contributed by atoms with E-state index in [9.17, 15) is 4.79 Å². The van der Waals surface area contributed by atoms with Crippen molar-refractivity contribution in [3.8, 4) is 0 Å². The summed E-state index contributed by atoms with van der Waals surface area (Å²) in [6, 6.07) is -0.0354. The number of nitrogens with one attached hydrogen (secondary N) is 2. The molecular formula is C10H18N4O2. The van der Waals surface area contributed by atoms with Crippen molar-refractivity contribution in [3.63, 3.8) is 0 Å². The van der Waals surface area contributed by atoms with Gasteiger partial charge in [0.2, 0.25) is 0 Å². The van der Waals surface area contributed by atoms with Gasteiger partial charge >= 0.3 is 0 Å². The molecule has 0 saturated heterocycles. The van der Waals surface area contributed by atoms with Crippen molar-refractivity contribution >= 4 is 11.7 Å². The molecule has 0 radical (unpaired) electrons. The fourth-order valence-electron chi connectivity index (χ4n) is 1.30. The van der Waals surface area contributed by atoms with Gasteiger partial charge in [0, 0.05) is 7.11 Å². The summed E-state index contributed by atoms with van der Waals surface area (Å²) in [5.74, 6) is 0.330. The standard InChI is InChI=1S/C10H18N4O2/c1-6(2)8(5-16-3)13-10(15)7-4-12-14-9(7)11/h4,6,8H,5H2,1-3H3,(H,13,15)(H3,11,12,14). The molecule has 0 aliphatic heterocycles. The number of anilines is 1. The Balaban J connectivity index is 2.65. The van der Waals surface area contributed by atoms with Crippen molar-refractivity contribution < 1.29 is 9.53 Å². The number of nitrogens with two attached hydrogens (primary N) is 1. The van der Waals surface area contributed by atoms with Crippen LogP contribution < -0.4 is 11.1 Å². The molecule has 0 aromatic carbocycles. The lowest BCUT2D eigenvalue weighted by Crippen LogP contribution is -2.41. The van der Waals surface area contributed by atoms with E-state index >= 15 is 0 Å². The zero-order valence-electron chi connectivity index (χ0n) is 9.78. The SMILES string of the molecule is COCC(NC(=O)c1cn[nH]c1N)C(C)C. The molecule has 16 heavy (non-hydrogen) atoms. The monoisotopic (exact) mass is 226 g/mol. The molecule has 1 unspecified atom stereocenters. The van der Waals surface area contributed by atoms with Crippen LogP contribution >= 0.6 is 0 Å². The lowest BCUT2D eigenvalue weighted by Gasteiger charge is -2.21. The molecule has 90 valence electrons. The molecule has 1 amide bonds. The van der Waals surface area contributed by atoms with Crippen LogP contribution in [-0.4, -0.2) is 35.9 Å². The van der Waals surface area contributed by atoms with Crippen molar-refractivity contribution in [1.82, 2.24) is 15.5 Å². The molecule has 1 aromatic rings. The van der Waals surface area contributed by atoms with Gasteiger partial charge < -0.3 is 15.8 Å². The average Bonchev–Trinajstić information content (AvgIpc) is 2.63. The molecule has 4 N–H and O–H groups in total. The number of methoxy groups -OCH3 is 1. The predicted molar refractivity (Wildman–Crippen MR) is 61.0 cm³/mol. The maximum Gasteiger partial charge on any atom is 0.256 e. The van der Waals surface area contributed by atoms with Gasteiger partial charge in [-0.1, -0.05) is 13.8 Å². The number of amides is 1. The molecule has 1 rings (SSSR count). The Kier molecular flexibility index (Phi) is 4.30. The van der Waals surface area contributed by atoms with E-state index in [-0.39, 0.29) is 23.7 Å². The van der Waals surface area contributed by atoms with Gasteiger partial charge in [-0.3, -0.25) is 9.89 Å². The minimum atomic E-state index is -0.234. The topological polar surface area (TPSA) is 93.0 Å². The number of hydrogen-bond acceptors (Lipinski definition) is 4. The van der Waals surface area contributed by atoms with E-state index < -0.39 is 0 Å². The first-order valence-electron chi connectivity index (χ1n) is 5.15. The van der Waals surface area contributed by atoms with E-state index in [0.717, 1.165) is 0 Å². The Bertz CT molecular complexity index is 348. The van der Waals surface area contributed by atoms with Crippen LogP contribution in [0, 0.1) is 5.92 Å². The molecule has 1 aromatic heterocycles. The third-order valence-electron chi connectivity index (χ3n) is 2.38. The number of carbonyl (C=O) groups is 1. The predicted octanol–water partition coefficient (Wildman–Crippen LogP) is 0.393. The number of rotatable bonds is 5. The number of carbonyl (C=O) groups excluding carboxylic acids is 1. The Morgan fingerprint density at radius 2 is 2.38 bits per heavy atom. The Labute approximate surface area is 94.5 Å². The summed E-state index contributed by atoms with van der Waals surface area (Å²) in [5, 5.41) is 9.08. The van der Waals surface area contributed by atoms with Crippen LogP contribution in [-0.2, 0) is 4.74 Å². The molecule has 6 nitrogen and oxygen atoms in total. The fourth-order valence-corrected chi connectivity index (χ4v) is 1.30. The molecular weight excluding hydrogens is 208 g/mol. The van der Waals surface area contributed by atoms with Gasteiger partial charge in [-0.2, -0.15) is 5.10 Å². The summed E-state index contributed by atoms with van der Waals surface area (Å²) in [7, 11) is 1.60. The normalized spacial score (nSPS) is 12.8. The van der Waals surface area contributed by atoms with Crippen LogP contribution in [0.15, 0.2) is 6.20 Å². The largest absolute Gasteiger partial charge is 0.383 e. The van der Waals surface area contributed by atoms with E-state index in [1.807, 2.05) is 13.8 Å². The van der Waals surface area contributed by atoms with Gasteiger partial charge in [-0.25, -0.2) is 0 Å². The molecule has 0 fully saturated rings. The first-order chi connectivity index (χ1) is 7.56. The molecule has 0 aliphatic carbocycles. The van der Waals surface area contributed by atoms with Crippen LogP contribution in [0.2, 0.25) is 0 Å². The lowest BCUT2D eigenvalue weighted by atomic mass is 10.1. The Morgan fingerprint density at radius 1 is 1.69 bits per heavy atom. The number of H-pyrrole nitrogens is 1. The summed E-state index contributed by atoms with van der Waals surface area (Å²) in [6.45, 7) is 4.51. The molecule has 6 heteroatoms. The minimum absolute atomic E-state index is 0.0354. The molecule has 1 heterocycles. The van der Waals surface area contributed by atoms with Crippen molar-refractivity contribution in [1.29, 1.82) is 0 Å². The third-order valence-corrected chi connectivity index (χ3v) is 2.38. The van der Waals surface area contributed by atoms with Gasteiger partial charge in [0.05, 0.1) is 18.8 Å². The summed E-state index contributed by atoms with van der Waals surface area (Å²) in [5.41, 5.74) is 5.92. The number of hydrogen-bond donors (Lipinski definition) is 3. The van der Waals surface area contributed by atoms with Crippen LogP contribution in [0.4, 0.5) is 5.82 Å². The first-order valence-corrected chi connectivity index (χ1v) is 5.15. The van der Waals surface area contributed by atoms with Crippen LogP contribution in [0.3, 0.4) is 0 Å². The third kappa shape index (κ3) is 2.96. The minimum Gasteiger partial charge on any atom is -0.383 e. The number of aromatic amines is 1. The summed E-state index contributed by atoms with van der Waals surface area (Å²) in [6.07, 6.45) is 1.41. The van der Waals surface area contributed by atoms with E-state index in [0.29, 0.717) is 12.2 Å². The van der Waals surface area contributed by atoms with E-state index in [2.05, 4.69) is 15.5 Å². The molecule has 0 spiro atoms. The van der Waals surface area contributed by atoms with Gasteiger partial charge in [-0.05, 0) is 5.92 Å². The molecule has 0 bridgehead atoms. The number of nitrogens with zero attached hydrogens (tertiary/aromatic N) is 1. The summed E-state index contributed by atoms with van der Waals surface area (Å²) < 4.78 is 5.04. The van der Waals surface area contributed by atoms with Crippen molar-refractivity contribution in [2.45, 2.75) is 19.9 Å². The zero-order chi connectivity index (χ0) is 12.1. The second-order valence-corrected chi connectivity index (χ2v) is 3.98. The zero-order valence-corrected chi connectivity index (χ0v) is 9.78. The second-order valence-electron chi connectivity index (χ2n) is 3.98. The van der Waals surface area contributed by atoms with E-state index in [1.54, 1.807) is 7.11 Å². The molecule has 0 saturated carbocycles. The Morgan fingerprint density at radius 3 is 2.81 bits per heavy atom. The van der Waals surface area contributed by atoms with Crippen molar-refractivity contribution in [3.05, 3.63) is 11.8 Å². The quantitative estimate of drug-likeness (QED) is 0.677. The van der Waals surface area contributed by atoms with Gasteiger partial charge in [-0.15, -0.1) is 0 Å². The average molecular weight is 226 g/mol. The highest BCUT2D eigenvalue weighted by atomic mass is 16.5. The summed E-state index contributed by atoms with van der Waals surface area (Å²) in [4.78, 5) is 11.8. The highest BCUT2D eigenvalue weighted by molar-refractivity contribution is 5.98. The van der Waals surface area contributed by atoms with Crippen LogP contribution in [0.25, 0.3) is 0 Å². The van der Waals surface area contributed by atoms with Crippen molar-refractivity contribution in [2.75, 3.05) is 19.5 Å².